The third-order valence-electron chi connectivity index (χ3n) is 2.55. The summed E-state index contributed by atoms with van der Waals surface area (Å²) in [6.07, 6.45) is 0. The Morgan fingerprint density at radius 2 is 2.05 bits per heavy atom. The van der Waals surface area contributed by atoms with E-state index < -0.39 is 21.8 Å². The SMILES string of the molecule is Cc1sc(C(=O)O)cc1S(=O)(=O)Nc1cc(Cl)ccc1F. The van der Waals surface area contributed by atoms with Crippen molar-refractivity contribution < 1.29 is 22.7 Å². The highest BCUT2D eigenvalue weighted by Gasteiger charge is 2.23. The zero-order valence-corrected chi connectivity index (χ0v) is 12.9. The molecule has 0 radical (unpaired) electrons. The fraction of sp³-hybridized carbons (Fsp3) is 0.0833. The first-order chi connectivity index (χ1) is 9.70. The number of nitrogens with one attached hydrogen (secondary N) is 1. The zero-order valence-electron chi connectivity index (χ0n) is 10.6. The van der Waals surface area contributed by atoms with E-state index >= 15 is 0 Å². The van der Waals surface area contributed by atoms with Gasteiger partial charge in [0.1, 0.15) is 15.6 Å². The van der Waals surface area contributed by atoms with Crippen LogP contribution in [0, 0.1) is 12.7 Å². The molecule has 2 N–H and O–H groups in total. The Balaban J connectivity index is 2.43. The van der Waals surface area contributed by atoms with Gasteiger partial charge in [-0.3, -0.25) is 4.72 Å². The standard InChI is InChI=1S/C12H9ClFNO4S2/c1-6-11(5-10(20-6)12(16)17)21(18,19)15-9-4-7(13)2-3-8(9)14/h2-5,15H,1H3,(H,16,17). The Bertz CT molecular complexity index is 817. The third-order valence-corrected chi connectivity index (χ3v) is 5.44. The summed E-state index contributed by atoms with van der Waals surface area (Å²) >= 11 is 6.52. The molecule has 0 atom stereocenters. The molecule has 0 amide bonds. The summed E-state index contributed by atoms with van der Waals surface area (Å²) in [6, 6.07) is 4.48. The number of hydrogen-bond donors (Lipinski definition) is 2. The molecule has 0 spiro atoms. The molecule has 0 unspecified atom stereocenters. The van der Waals surface area contributed by atoms with Crippen LogP contribution in [0.5, 0.6) is 0 Å². The van der Waals surface area contributed by atoms with Crippen molar-refractivity contribution in [2.45, 2.75) is 11.8 Å². The van der Waals surface area contributed by atoms with Crippen molar-refractivity contribution in [3.05, 3.63) is 44.9 Å². The van der Waals surface area contributed by atoms with Gasteiger partial charge in [0.15, 0.2) is 0 Å². The average Bonchev–Trinajstić information content (AvgIpc) is 2.77. The second kappa shape index (κ2) is 5.63. The number of benzene rings is 1. The molecule has 9 heteroatoms. The van der Waals surface area contributed by atoms with Gasteiger partial charge < -0.3 is 5.11 Å². The van der Waals surface area contributed by atoms with Gasteiger partial charge in [-0.15, -0.1) is 11.3 Å². The molecule has 0 saturated carbocycles. The maximum atomic E-state index is 13.6. The van der Waals surface area contributed by atoms with Crippen molar-refractivity contribution in [2.24, 2.45) is 0 Å². The monoisotopic (exact) mass is 349 g/mol. The molecule has 112 valence electrons. The molecule has 0 saturated heterocycles. The first kappa shape index (κ1) is 15.7. The summed E-state index contributed by atoms with van der Waals surface area (Å²) in [7, 11) is -4.10. The third kappa shape index (κ3) is 3.34. The predicted molar refractivity (Wildman–Crippen MR) is 78.2 cm³/mol. The Morgan fingerprint density at radius 3 is 2.62 bits per heavy atom. The second-order valence-corrected chi connectivity index (χ2v) is 7.41. The number of rotatable bonds is 4. The molecular formula is C12H9ClFNO4S2. The molecule has 2 rings (SSSR count). The number of hydrogen-bond acceptors (Lipinski definition) is 4. The summed E-state index contributed by atoms with van der Waals surface area (Å²) < 4.78 is 40.1. The molecule has 0 bridgehead atoms. The van der Waals surface area contributed by atoms with E-state index in [9.17, 15) is 17.6 Å². The Labute approximate surface area is 129 Å². The van der Waals surface area contributed by atoms with Crippen LogP contribution in [0.2, 0.25) is 5.02 Å². The lowest BCUT2D eigenvalue weighted by atomic mass is 10.3. The molecule has 1 heterocycles. The van der Waals surface area contributed by atoms with Crippen LogP contribution in [-0.4, -0.2) is 19.5 Å². The molecule has 5 nitrogen and oxygen atoms in total. The summed E-state index contributed by atoms with van der Waals surface area (Å²) in [5.74, 6) is -2.01. The number of carboxylic acids is 1. The molecule has 21 heavy (non-hydrogen) atoms. The Hall–Kier alpha value is -1.64. The molecule has 0 aliphatic carbocycles. The summed E-state index contributed by atoms with van der Waals surface area (Å²) in [5.41, 5.74) is -0.301. The van der Waals surface area contributed by atoms with E-state index in [4.69, 9.17) is 16.7 Å². The highest BCUT2D eigenvalue weighted by atomic mass is 35.5. The van der Waals surface area contributed by atoms with E-state index in [1.807, 2.05) is 0 Å². The van der Waals surface area contributed by atoms with Crippen LogP contribution in [0.15, 0.2) is 29.2 Å². The van der Waals surface area contributed by atoms with Crippen LogP contribution in [0.1, 0.15) is 14.5 Å². The van der Waals surface area contributed by atoms with Crippen molar-refractivity contribution in [2.75, 3.05) is 4.72 Å². The molecule has 0 fully saturated rings. The maximum Gasteiger partial charge on any atom is 0.345 e. The summed E-state index contributed by atoms with van der Waals surface area (Å²) in [5, 5.41) is 9.05. The van der Waals surface area contributed by atoms with Gasteiger partial charge in [0.2, 0.25) is 0 Å². The van der Waals surface area contributed by atoms with Gasteiger partial charge in [-0.1, -0.05) is 11.6 Å². The number of thiophene rings is 1. The topological polar surface area (TPSA) is 83.5 Å². The smallest absolute Gasteiger partial charge is 0.345 e. The van der Waals surface area contributed by atoms with Crippen LogP contribution in [0.25, 0.3) is 0 Å². The molecule has 1 aromatic heterocycles. The van der Waals surface area contributed by atoms with E-state index in [1.54, 1.807) is 0 Å². The lowest BCUT2D eigenvalue weighted by Gasteiger charge is -2.08. The van der Waals surface area contributed by atoms with Crippen molar-refractivity contribution in [3.8, 4) is 0 Å². The highest BCUT2D eigenvalue weighted by molar-refractivity contribution is 7.93. The molecule has 0 aliphatic rings. The number of anilines is 1. The van der Waals surface area contributed by atoms with Crippen LogP contribution >= 0.6 is 22.9 Å². The Morgan fingerprint density at radius 1 is 1.38 bits per heavy atom. The largest absolute Gasteiger partial charge is 0.477 e. The number of carbonyl (C=O) groups is 1. The number of carboxylic acid groups (broad SMARTS) is 1. The highest BCUT2D eigenvalue weighted by Crippen LogP contribution is 2.29. The first-order valence-electron chi connectivity index (χ1n) is 5.52. The van der Waals surface area contributed by atoms with Crippen LogP contribution in [0.3, 0.4) is 0 Å². The van der Waals surface area contributed by atoms with E-state index in [0.717, 1.165) is 29.5 Å². The minimum Gasteiger partial charge on any atom is -0.477 e. The molecule has 2 aromatic rings. The zero-order chi connectivity index (χ0) is 15.8. The lowest BCUT2D eigenvalue weighted by Crippen LogP contribution is -2.14. The van der Waals surface area contributed by atoms with Gasteiger partial charge in [0.05, 0.1) is 5.69 Å². The van der Waals surface area contributed by atoms with E-state index in [2.05, 4.69) is 4.72 Å². The van der Waals surface area contributed by atoms with E-state index in [0.29, 0.717) is 4.88 Å². The first-order valence-corrected chi connectivity index (χ1v) is 8.20. The minimum atomic E-state index is -4.10. The van der Waals surface area contributed by atoms with Crippen molar-refractivity contribution >= 4 is 44.6 Å². The normalized spacial score (nSPS) is 11.4. The van der Waals surface area contributed by atoms with Crippen molar-refractivity contribution in [3.63, 3.8) is 0 Å². The molecular weight excluding hydrogens is 341 g/mol. The lowest BCUT2D eigenvalue weighted by molar-refractivity contribution is 0.0702. The van der Waals surface area contributed by atoms with Gasteiger partial charge in [-0.25, -0.2) is 17.6 Å². The molecule has 1 aromatic carbocycles. The fourth-order valence-electron chi connectivity index (χ4n) is 1.61. The summed E-state index contributed by atoms with van der Waals surface area (Å²) in [6.45, 7) is 1.47. The number of sulfonamides is 1. The van der Waals surface area contributed by atoms with E-state index in [1.165, 1.54) is 13.0 Å². The van der Waals surface area contributed by atoms with Crippen molar-refractivity contribution in [1.82, 2.24) is 0 Å². The van der Waals surface area contributed by atoms with Gasteiger partial charge in [0, 0.05) is 9.90 Å². The van der Waals surface area contributed by atoms with Crippen LogP contribution in [-0.2, 0) is 10.0 Å². The van der Waals surface area contributed by atoms with Gasteiger partial charge in [-0.05, 0) is 31.2 Å². The van der Waals surface area contributed by atoms with Gasteiger partial charge in [0.25, 0.3) is 10.0 Å². The maximum absolute atomic E-state index is 13.6. The van der Waals surface area contributed by atoms with Gasteiger partial charge in [-0.2, -0.15) is 0 Å². The second-order valence-electron chi connectivity index (χ2n) is 4.07. The van der Waals surface area contributed by atoms with E-state index in [-0.39, 0.29) is 20.5 Å². The number of aromatic carboxylic acids is 1. The summed E-state index contributed by atoms with van der Waals surface area (Å²) in [4.78, 5) is 10.8. The van der Waals surface area contributed by atoms with Crippen LogP contribution in [0.4, 0.5) is 10.1 Å². The minimum absolute atomic E-state index is 0.112. The fourth-order valence-corrected chi connectivity index (χ4v) is 4.27. The van der Waals surface area contributed by atoms with Gasteiger partial charge >= 0.3 is 5.97 Å². The average molecular weight is 350 g/mol. The van der Waals surface area contributed by atoms with Crippen molar-refractivity contribution in [1.29, 1.82) is 0 Å². The van der Waals surface area contributed by atoms with Crippen LogP contribution < -0.4 is 4.72 Å². The Kier molecular flexibility index (Phi) is 4.22. The number of aryl methyl sites for hydroxylation is 1. The predicted octanol–water partition coefficient (Wildman–Crippen LogP) is 3.35. The quantitative estimate of drug-likeness (QED) is 0.886. The number of halogens is 2. The molecule has 0 aliphatic heterocycles.